The number of fused-ring (bicyclic) bond motifs is 2. The number of benzene rings is 2. The minimum Gasteiger partial charge on any atom is -0.497 e. The molecule has 106 valence electrons. The van der Waals surface area contributed by atoms with Gasteiger partial charge in [0.2, 0.25) is 0 Å². The topological polar surface area (TPSA) is 69.4 Å². The number of nitro benzene ring substituents is 1. The third kappa shape index (κ3) is 2.12. The van der Waals surface area contributed by atoms with E-state index in [2.05, 4.69) is 0 Å². The van der Waals surface area contributed by atoms with Crippen LogP contribution in [0.3, 0.4) is 0 Å². The number of hydrogen-bond acceptors (Lipinski definition) is 5. The Morgan fingerprint density at radius 3 is 2.71 bits per heavy atom. The molecule has 21 heavy (non-hydrogen) atoms. The first kappa shape index (κ1) is 13.8. The molecule has 0 radical (unpaired) electrons. The van der Waals surface area contributed by atoms with Crippen LogP contribution in [0.2, 0.25) is 5.02 Å². The van der Waals surface area contributed by atoms with E-state index in [4.69, 9.17) is 16.3 Å². The van der Waals surface area contributed by atoms with Gasteiger partial charge in [0, 0.05) is 16.2 Å². The zero-order valence-electron chi connectivity index (χ0n) is 10.8. The van der Waals surface area contributed by atoms with Gasteiger partial charge in [-0.3, -0.25) is 14.9 Å². The van der Waals surface area contributed by atoms with E-state index in [-0.39, 0.29) is 26.2 Å². The molecule has 1 aromatic heterocycles. The fourth-order valence-corrected chi connectivity index (χ4v) is 3.67. The average molecular weight is 322 g/mol. The monoisotopic (exact) mass is 321 g/mol. The van der Waals surface area contributed by atoms with Crippen molar-refractivity contribution >= 4 is 48.8 Å². The summed E-state index contributed by atoms with van der Waals surface area (Å²) >= 11 is 7.22. The van der Waals surface area contributed by atoms with Crippen LogP contribution >= 0.6 is 22.9 Å². The van der Waals surface area contributed by atoms with Gasteiger partial charge in [0.25, 0.3) is 5.69 Å². The summed E-state index contributed by atoms with van der Waals surface area (Å²) in [5.74, 6) is 0.585. The summed E-state index contributed by atoms with van der Waals surface area (Å²) in [4.78, 5) is 23.2. The molecule has 0 N–H and O–H groups in total. The van der Waals surface area contributed by atoms with Gasteiger partial charge < -0.3 is 4.74 Å². The maximum absolute atomic E-state index is 12.5. The predicted molar refractivity (Wildman–Crippen MR) is 83.8 cm³/mol. The van der Waals surface area contributed by atoms with E-state index in [9.17, 15) is 14.9 Å². The standard InChI is InChI=1S/C14H8ClNO4S/c1-20-7-2-3-8-11(6-7)21-14-10(16(18)19)5-4-9(15)12(14)13(8)17/h2-6H,1H3. The van der Waals surface area contributed by atoms with Gasteiger partial charge in [-0.05, 0) is 24.3 Å². The van der Waals surface area contributed by atoms with Crippen LogP contribution in [-0.2, 0) is 0 Å². The lowest BCUT2D eigenvalue weighted by Gasteiger charge is -2.05. The molecule has 0 aliphatic rings. The Labute approximate surface area is 127 Å². The van der Waals surface area contributed by atoms with Crippen LogP contribution in [0, 0.1) is 10.1 Å². The SMILES string of the molecule is COc1ccc2c(=O)c3c(Cl)ccc([N+](=O)[O-])c3sc2c1. The van der Waals surface area contributed by atoms with Gasteiger partial charge in [-0.25, -0.2) is 0 Å². The summed E-state index contributed by atoms with van der Waals surface area (Å²) < 4.78 is 6.02. The molecule has 7 heteroatoms. The van der Waals surface area contributed by atoms with Crippen LogP contribution in [0.1, 0.15) is 0 Å². The minimum atomic E-state index is -0.513. The highest BCUT2D eigenvalue weighted by Gasteiger charge is 2.19. The molecule has 0 spiro atoms. The fraction of sp³-hybridized carbons (Fsp3) is 0.0714. The Balaban J connectivity index is 2.56. The maximum atomic E-state index is 12.5. The smallest absolute Gasteiger partial charge is 0.287 e. The predicted octanol–water partition coefficient (Wildman–Crippen LogP) is 3.98. The molecule has 2 aromatic carbocycles. The quantitative estimate of drug-likeness (QED) is 0.406. The molecule has 0 fully saturated rings. The van der Waals surface area contributed by atoms with Crippen molar-refractivity contribution in [1.29, 1.82) is 0 Å². The normalized spacial score (nSPS) is 11.0. The summed E-state index contributed by atoms with van der Waals surface area (Å²) in [6.45, 7) is 0. The largest absolute Gasteiger partial charge is 0.497 e. The van der Waals surface area contributed by atoms with E-state index in [1.54, 1.807) is 18.2 Å². The van der Waals surface area contributed by atoms with E-state index in [0.717, 1.165) is 11.3 Å². The van der Waals surface area contributed by atoms with Crippen molar-refractivity contribution < 1.29 is 9.66 Å². The van der Waals surface area contributed by atoms with E-state index < -0.39 is 4.92 Å². The molecule has 0 saturated carbocycles. The molecule has 1 heterocycles. The van der Waals surface area contributed by atoms with Crippen molar-refractivity contribution in [3.63, 3.8) is 0 Å². The molecule has 0 saturated heterocycles. The van der Waals surface area contributed by atoms with Gasteiger partial charge in [0.15, 0.2) is 5.43 Å². The highest BCUT2D eigenvalue weighted by Crippen LogP contribution is 2.36. The number of rotatable bonds is 2. The number of hydrogen-bond donors (Lipinski definition) is 0. The Morgan fingerprint density at radius 2 is 2.05 bits per heavy atom. The summed E-state index contributed by atoms with van der Waals surface area (Å²) in [6.07, 6.45) is 0. The van der Waals surface area contributed by atoms with Gasteiger partial charge in [-0.2, -0.15) is 0 Å². The number of methoxy groups -OCH3 is 1. The molecule has 0 bridgehead atoms. The van der Waals surface area contributed by atoms with Crippen molar-refractivity contribution in [2.45, 2.75) is 0 Å². The first-order chi connectivity index (χ1) is 10.0. The van der Waals surface area contributed by atoms with E-state index >= 15 is 0 Å². The lowest BCUT2D eigenvalue weighted by Crippen LogP contribution is -2.03. The zero-order valence-corrected chi connectivity index (χ0v) is 12.3. The lowest BCUT2D eigenvalue weighted by molar-refractivity contribution is -0.382. The number of nitrogens with zero attached hydrogens (tertiary/aromatic N) is 1. The second-order valence-corrected chi connectivity index (χ2v) is 5.78. The number of nitro groups is 1. The highest BCUT2D eigenvalue weighted by molar-refractivity contribution is 7.25. The Kier molecular flexibility index (Phi) is 3.27. The molecule has 5 nitrogen and oxygen atoms in total. The Morgan fingerprint density at radius 1 is 1.29 bits per heavy atom. The third-order valence-corrected chi connectivity index (χ3v) is 4.65. The second-order valence-electron chi connectivity index (χ2n) is 4.32. The summed E-state index contributed by atoms with van der Waals surface area (Å²) in [6, 6.07) is 7.69. The van der Waals surface area contributed by atoms with Crippen LogP contribution in [0.15, 0.2) is 35.1 Å². The average Bonchev–Trinajstić information content (AvgIpc) is 2.46. The van der Waals surface area contributed by atoms with Gasteiger partial charge in [-0.15, -0.1) is 11.3 Å². The fourth-order valence-electron chi connectivity index (χ4n) is 2.15. The third-order valence-electron chi connectivity index (χ3n) is 3.16. The van der Waals surface area contributed by atoms with Crippen molar-refractivity contribution in [3.8, 4) is 5.75 Å². The van der Waals surface area contributed by atoms with E-state index in [1.807, 2.05) is 0 Å². The van der Waals surface area contributed by atoms with E-state index in [0.29, 0.717) is 15.8 Å². The van der Waals surface area contributed by atoms with Crippen molar-refractivity contribution in [1.82, 2.24) is 0 Å². The number of ether oxygens (including phenoxy) is 1. The van der Waals surface area contributed by atoms with Gasteiger partial charge in [0.05, 0.1) is 22.4 Å². The number of halogens is 1. The summed E-state index contributed by atoms with van der Waals surface area (Å²) in [7, 11) is 1.52. The molecule has 3 aromatic rings. The van der Waals surface area contributed by atoms with Crippen LogP contribution in [-0.4, -0.2) is 12.0 Å². The maximum Gasteiger partial charge on any atom is 0.287 e. The van der Waals surface area contributed by atoms with Crippen LogP contribution in [0.4, 0.5) is 5.69 Å². The van der Waals surface area contributed by atoms with E-state index in [1.165, 1.54) is 19.2 Å². The molecule has 0 atom stereocenters. The molecule has 0 aliphatic heterocycles. The first-order valence-electron chi connectivity index (χ1n) is 5.90. The Hall–Kier alpha value is -2.18. The van der Waals surface area contributed by atoms with Gasteiger partial charge in [0.1, 0.15) is 10.4 Å². The molecule has 3 rings (SSSR count). The first-order valence-corrected chi connectivity index (χ1v) is 7.10. The lowest BCUT2D eigenvalue weighted by atomic mass is 10.1. The molecule has 0 aliphatic carbocycles. The number of non-ortho nitro benzene ring substituents is 1. The zero-order chi connectivity index (χ0) is 15.1. The van der Waals surface area contributed by atoms with Crippen LogP contribution in [0.25, 0.3) is 20.2 Å². The molecule has 0 amide bonds. The van der Waals surface area contributed by atoms with Crippen LogP contribution < -0.4 is 10.2 Å². The summed E-state index contributed by atoms with van der Waals surface area (Å²) in [5, 5.41) is 12.0. The Bertz CT molecular complexity index is 951. The molecular formula is C14H8ClNO4S. The van der Waals surface area contributed by atoms with Crippen molar-refractivity contribution in [3.05, 3.63) is 55.7 Å². The minimum absolute atomic E-state index is 0.124. The highest BCUT2D eigenvalue weighted by atomic mass is 35.5. The van der Waals surface area contributed by atoms with Crippen molar-refractivity contribution in [2.75, 3.05) is 7.11 Å². The second kappa shape index (κ2) is 4.98. The van der Waals surface area contributed by atoms with Gasteiger partial charge >= 0.3 is 0 Å². The van der Waals surface area contributed by atoms with Crippen molar-refractivity contribution in [2.24, 2.45) is 0 Å². The molecular weight excluding hydrogens is 314 g/mol. The van der Waals surface area contributed by atoms with Crippen LogP contribution in [0.5, 0.6) is 5.75 Å². The van der Waals surface area contributed by atoms with Gasteiger partial charge in [-0.1, -0.05) is 11.6 Å². The summed E-state index contributed by atoms with van der Waals surface area (Å²) in [5.41, 5.74) is -0.434. The molecule has 0 unspecified atom stereocenters.